The van der Waals surface area contributed by atoms with Gasteiger partial charge in [0.1, 0.15) is 18.2 Å². The second-order valence-electron chi connectivity index (χ2n) is 7.24. The number of ether oxygens (including phenoxy) is 2. The lowest BCUT2D eigenvalue weighted by Gasteiger charge is -2.29. The van der Waals surface area contributed by atoms with Crippen molar-refractivity contribution in [2.75, 3.05) is 13.1 Å². The number of benzene rings is 1. The van der Waals surface area contributed by atoms with Crippen LogP contribution in [0.2, 0.25) is 0 Å². The number of amides is 3. The van der Waals surface area contributed by atoms with E-state index in [1.165, 1.54) is 11.8 Å². The van der Waals surface area contributed by atoms with Gasteiger partial charge in [-0.1, -0.05) is 30.3 Å². The van der Waals surface area contributed by atoms with Crippen molar-refractivity contribution in [1.82, 2.24) is 15.5 Å². The first-order valence-corrected chi connectivity index (χ1v) is 8.98. The molecule has 2 heterocycles. The van der Waals surface area contributed by atoms with E-state index in [0.717, 1.165) is 5.56 Å². The Hall–Kier alpha value is -2.45. The maximum Gasteiger partial charge on any atom is 0.245 e. The standard InChI is InChI=1S/C19H25N3O5/c1-12(23)20-10-15(24)22-11-14-17(27-19(2,3)26-14)16(22)18(25)21-9-13-7-5-4-6-8-13/h4-8,14,16-17H,9-11H2,1-3H3,(H,20,23)(H,21,25)/t14-,16-,17-/m0/s1. The van der Waals surface area contributed by atoms with E-state index in [1.807, 2.05) is 30.3 Å². The number of hydrogen-bond donors (Lipinski definition) is 2. The maximum absolute atomic E-state index is 12.9. The molecule has 2 aliphatic heterocycles. The molecule has 2 aliphatic rings. The molecule has 3 amide bonds. The van der Waals surface area contributed by atoms with Crippen molar-refractivity contribution < 1.29 is 23.9 Å². The molecule has 8 heteroatoms. The highest BCUT2D eigenvalue weighted by molar-refractivity contribution is 5.91. The van der Waals surface area contributed by atoms with Gasteiger partial charge in [0.2, 0.25) is 17.7 Å². The smallest absolute Gasteiger partial charge is 0.245 e. The highest BCUT2D eigenvalue weighted by Crippen LogP contribution is 2.36. The van der Waals surface area contributed by atoms with E-state index >= 15 is 0 Å². The average molecular weight is 375 g/mol. The summed E-state index contributed by atoms with van der Waals surface area (Å²) in [5.74, 6) is -1.75. The largest absolute Gasteiger partial charge is 0.350 e. The Morgan fingerprint density at radius 2 is 1.85 bits per heavy atom. The third-order valence-corrected chi connectivity index (χ3v) is 4.63. The molecule has 2 saturated heterocycles. The van der Waals surface area contributed by atoms with Crippen LogP contribution in [0.5, 0.6) is 0 Å². The van der Waals surface area contributed by atoms with Crippen molar-refractivity contribution in [2.45, 2.75) is 51.4 Å². The fourth-order valence-electron chi connectivity index (χ4n) is 3.50. The third-order valence-electron chi connectivity index (χ3n) is 4.63. The van der Waals surface area contributed by atoms with Crippen LogP contribution < -0.4 is 10.6 Å². The first kappa shape index (κ1) is 19.3. The summed E-state index contributed by atoms with van der Waals surface area (Å²) in [4.78, 5) is 38.0. The Labute approximate surface area is 158 Å². The quantitative estimate of drug-likeness (QED) is 0.765. The number of carbonyl (C=O) groups is 3. The summed E-state index contributed by atoms with van der Waals surface area (Å²) in [6, 6.07) is 8.72. The van der Waals surface area contributed by atoms with Gasteiger partial charge in [0.25, 0.3) is 0 Å². The summed E-state index contributed by atoms with van der Waals surface area (Å²) in [5.41, 5.74) is 0.959. The SMILES string of the molecule is CC(=O)NCC(=O)N1C[C@@H]2OC(C)(C)O[C@@H]2[C@H]1C(=O)NCc1ccccc1. The van der Waals surface area contributed by atoms with Crippen LogP contribution in [0, 0.1) is 0 Å². The molecule has 146 valence electrons. The van der Waals surface area contributed by atoms with Gasteiger partial charge in [0.05, 0.1) is 13.1 Å². The van der Waals surface area contributed by atoms with Crippen LogP contribution >= 0.6 is 0 Å². The predicted molar refractivity (Wildman–Crippen MR) is 96.3 cm³/mol. The third kappa shape index (κ3) is 4.45. The fourth-order valence-corrected chi connectivity index (χ4v) is 3.50. The molecule has 3 rings (SSSR count). The van der Waals surface area contributed by atoms with Crippen molar-refractivity contribution in [1.29, 1.82) is 0 Å². The van der Waals surface area contributed by atoms with Gasteiger partial charge < -0.3 is 25.0 Å². The van der Waals surface area contributed by atoms with Crippen LogP contribution in [-0.4, -0.2) is 59.7 Å². The lowest BCUT2D eigenvalue weighted by molar-refractivity contribution is -0.169. The van der Waals surface area contributed by atoms with E-state index in [4.69, 9.17) is 9.47 Å². The zero-order valence-electron chi connectivity index (χ0n) is 15.7. The van der Waals surface area contributed by atoms with Gasteiger partial charge in [-0.25, -0.2) is 0 Å². The van der Waals surface area contributed by atoms with Crippen LogP contribution in [0.15, 0.2) is 30.3 Å². The molecule has 0 radical (unpaired) electrons. The second-order valence-corrected chi connectivity index (χ2v) is 7.24. The van der Waals surface area contributed by atoms with Crippen molar-refractivity contribution in [2.24, 2.45) is 0 Å². The number of rotatable bonds is 5. The minimum atomic E-state index is -0.805. The molecular formula is C19H25N3O5. The van der Waals surface area contributed by atoms with Gasteiger partial charge in [-0.15, -0.1) is 0 Å². The van der Waals surface area contributed by atoms with E-state index in [-0.39, 0.29) is 36.9 Å². The number of hydrogen-bond acceptors (Lipinski definition) is 5. The Kier molecular flexibility index (Phi) is 5.48. The van der Waals surface area contributed by atoms with E-state index < -0.39 is 17.9 Å². The summed E-state index contributed by atoms with van der Waals surface area (Å²) in [5, 5.41) is 5.35. The van der Waals surface area contributed by atoms with Gasteiger partial charge >= 0.3 is 0 Å². The summed E-state index contributed by atoms with van der Waals surface area (Å²) in [6.45, 7) is 5.34. The summed E-state index contributed by atoms with van der Waals surface area (Å²) in [7, 11) is 0. The van der Waals surface area contributed by atoms with Crippen molar-refractivity contribution in [3.05, 3.63) is 35.9 Å². The minimum absolute atomic E-state index is 0.166. The summed E-state index contributed by atoms with van der Waals surface area (Å²) in [6.07, 6.45) is -0.925. The molecule has 0 bridgehead atoms. The Bertz CT molecular complexity index is 721. The van der Waals surface area contributed by atoms with Crippen LogP contribution in [0.4, 0.5) is 0 Å². The number of fused-ring (bicyclic) bond motifs is 1. The Morgan fingerprint density at radius 3 is 2.52 bits per heavy atom. The normalized spacial score (nSPS) is 25.7. The first-order valence-electron chi connectivity index (χ1n) is 8.98. The van der Waals surface area contributed by atoms with Gasteiger partial charge in [-0.05, 0) is 19.4 Å². The van der Waals surface area contributed by atoms with E-state index in [2.05, 4.69) is 10.6 Å². The summed E-state index contributed by atoms with van der Waals surface area (Å²) >= 11 is 0. The number of nitrogens with zero attached hydrogens (tertiary/aromatic N) is 1. The molecule has 0 saturated carbocycles. The lowest BCUT2D eigenvalue weighted by Crippen LogP contribution is -2.53. The lowest BCUT2D eigenvalue weighted by atomic mass is 10.1. The topological polar surface area (TPSA) is 97.0 Å². The Balaban J connectivity index is 1.72. The van der Waals surface area contributed by atoms with Crippen LogP contribution in [0.25, 0.3) is 0 Å². The molecule has 0 spiro atoms. The van der Waals surface area contributed by atoms with Crippen LogP contribution in [0.3, 0.4) is 0 Å². The molecule has 2 fully saturated rings. The maximum atomic E-state index is 12.9. The number of nitrogens with one attached hydrogen (secondary N) is 2. The zero-order valence-corrected chi connectivity index (χ0v) is 15.7. The van der Waals surface area contributed by atoms with Gasteiger partial charge in [0, 0.05) is 13.5 Å². The van der Waals surface area contributed by atoms with Crippen LogP contribution in [-0.2, 0) is 30.4 Å². The molecule has 3 atom stereocenters. The van der Waals surface area contributed by atoms with Crippen molar-refractivity contribution >= 4 is 17.7 Å². The highest BCUT2D eigenvalue weighted by atomic mass is 16.8. The minimum Gasteiger partial charge on any atom is -0.350 e. The molecular weight excluding hydrogens is 350 g/mol. The first-order chi connectivity index (χ1) is 12.8. The van der Waals surface area contributed by atoms with E-state index in [0.29, 0.717) is 6.54 Å². The predicted octanol–water partition coefficient (Wildman–Crippen LogP) is 0.170. The summed E-state index contributed by atoms with van der Waals surface area (Å²) < 4.78 is 11.7. The monoisotopic (exact) mass is 375 g/mol. The number of likely N-dealkylation sites (tertiary alicyclic amines) is 1. The fraction of sp³-hybridized carbons (Fsp3) is 0.526. The van der Waals surface area contributed by atoms with Crippen molar-refractivity contribution in [3.63, 3.8) is 0 Å². The molecule has 0 unspecified atom stereocenters. The molecule has 27 heavy (non-hydrogen) atoms. The average Bonchev–Trinajstić information content (AvgIpc) is 3.10. The zero-order chi connectivity index (χ0) is 19.6. The second kappa shape index (κ2) is 7.66. The number of carbonyl (C=O) groups excluding carboxylic acids is 3. The molecule has 8 nitrogen and oxygen atoms in total. The van der Waals surface area contributed by atoms with Gasteiger partial charge in [-0.3, -0.25) is 14.4 Å². The molecule has 0 aromatic heterocycles. The van der Waals surface area contributed by atoms with E-state index in [1.54, 1.807) is 13.8 Å². The van der Waals surface area contributed by atoms with E-state index in [9.17, 15) is 14.4 Å². The van der Waals surface area contributed by atoms with Crippen molar-refractivity contribution in [3.8, 4) is 0 Å². The molecule has 1 aromatic carbocycles. The van der Waals surface area contributed by atoms with Gasteiger partial charge in [-0.2, -0.15) is 0 Å². The molecule has 0 aliphatic carbocycles. The molecule has 2 N–H and O–H groups in total. The Morgan fingerprint density at radius 1 is 1.15 bits per heavy atom. The van der Waals surface area contributed by atoms with Crippen LogP contribution in [0.1, 0.15) is 26.3 Å². The highest BCUT2D eigenvalue weighted by Gasteiger charge is 2.56. The molecule has 1 aromatic rings. The van der Waals surface area contributed by atoms with Gasteiger partial charge in [0.15, 0.2) is 5.79 Å².